The molecule has 1 aliphatic rings. The highest BCUT2D eigenvalue weighted by Gasteiger charge is 2.47. The van der Waals surface area contributed by atoms with Crippen molar-refractivity contribution in [1.29, 1.82) is 5.26 Å². The number of nitrogens with one attached hydrogen (secondary N) is 1. The van der Waals surface area contributed by atoms with Gasteiger partial charge in [-0.1, -0.05) is 13.8 Å². The SMILES string of the molecule is CC1(C)C(O)CC1Nc1cnc(C#N)cn1. The lowest BCUT2D eigenvalue weighted by Crippen LogP contribution is -2.57. The zero-order chi connectivity index (χ0) is 11.8. The molecule has 1 aromatic rings. The van der Waals surface area contributed by atoms with Gasteiger partial charge in [-0.05, 0) is 6.42 Å². The number of anilines is 1. The summed E-state index contributed by atoms with van der Waals surface area (Å²) < 4.78 is 0. The first-order valence-electron chi connectivity index (χ1n) is 5.21. The molecule has 0 spiro atoms. The van der Waals surface area contributed by atoms with Gasteiger partial charge in [-0.3, -0.25) is 0 Å². The summed E-state index contributed by atoms with van der Waals surface area (Å²) in [6.07, 6.45) is 3.43. The highest BCUT2D eigenvalue weighted by molar-refractivity contribution is 5.36. The second-order valence-electron chi connectivity index (χ2n) is 4.67. The topological polar surface area (TPSA) is 81.8 Å². The number of hydrogen-bond donors (Lipinski definition) is 2. The lowest BCUT2D eigenvalue weighted by molar-refractivity contribution is -0.0511. The summed E-state index contributed by atoms with van der Waals surface area (Å²) in [4.78, 5) is 8.01. The first kappa shape index (κ1) is 10.8. The van der Waals surface area contributed by atoms with Crippen molar-refractivity contribution in [2.45, 2.75) is 32.4 Å². The van der Waals surface area contributed by atoms with E-state index in [1.807, 2.05) is 19.9 Å². The monoisotopic (exact) mass is 218 g/mol. The Morgan fingerprint density at radius 3 is 2.69 bits per heavy atom. The van der Waals surface area contributed by atoms with Crippen LogP contribution in [0.25, 0.3) is 0 Å². The molecule has 0 amide bonds. The van der Waals surface area contributed by atoms with E-state index in [0.717, 1.165) is 0 Å². The summed E-state index contributed by atoms with van der Waals surface area (Å²) in [6.45, 7) is 4.02. The van der Waals surface area contributed by atoms with Crippen molar-refractivity contribution < 1.29 is 5.11 Å². The van der Waals surface area contributed by atoms with Crippen LogP contribution in [0.4, 0.5) is 5.82 Å². The van der Waals surface area contributed by atoms with Crippen LogP contribution in [0.2, 0.25) is 0 Å². The maximum Gasteiger partial charge on any atom is 0.158 e. The molecule has 84 valence electrons. The molecule has 2 atom stereocenters. The molecule has 0 radical (unpaired) electrons. The minimum atomic E-state index is -0.267. The summed E-state index contributed by atoms with van der Waals surface area (Å²) in [5.41, 5.74) is 0.161. The Labute approximate surface area is 94.2 Å². The molecule has 5 heteroatoms. The molecule has 1 heterocycles. The van der Waals surface area contributed by atoms with Crippen molar-refractivity contribution in [3.8, 4) is 6.07 Å². The molecule has 2 unspecified atom stereocenters. The second-order valence-corrected chi connectivity index (χ2v) is 4.67. The van der Waals surface area contributed by atoms with Crippen LogP contribution in [0, 0.1) is 16.7 Å². The molecule has 0 aliphatic heterocycles. The van der Waals surface area contributed by atoms with Crippen LogP contribution in [0.15, 0.2) is 12.4 Å². The number of nitrogens with zero attached hydrogens (tertiary/aromatic N) is 3. The molecule has 0 saturated heterocycles. The molecule has 5 nitrogen and oxygen atoms in total. The van der Waals surface area contributed by atoms with Crippen LogP contribution in [-0.2, 0) is 0 Å². The van der Waals surface area contributed by atoms with Crippen LogP contribution in [0.3, 0.4) is 0 Å². The van der Waals surface area contributed by atoms with E-state index in [1.165, 1.54) is 6.20 Å². The van der Waals surface area contributed by atoms with Gasteiger partial charge >= 0.3 is 0 Å². The predicted molar refractivity (Wildman–Crippen MR) is 58.6 cm³/mol. The highest BCUT2D eigenvalue weighted by atomic mass is 16.3. The van der Waals surface area contributed by atoms with Gasteiger partial charge in [0.1, 0.15) is 11.9 Å². The fourth-order valence-electron chi connectivity index (χ4n) is 1.79. The Hall–Kier alpha value is -1.67. The first-order chi connectivity index (χ1) is 7.54. The lowest BCUT2D eigenvalue weighted by atomic mass is 9.64. The molecular formula is C11H14N4O. The van der Waals surface area contributed by atoms with Gasteiger partial charge in [0.25, 0.3) is 0 Å². The molecule has 1 saturated carbocycles. The zero-order valence-electron chi connectivity index (χ0n) is 9.31. The maximum absolute atomic E-state index is 9.59. The van der Waals surface area contributed by atoms with Crippen LogP contribution in [0.5, 0.6) is 0 Å². The van der Waals surface area contributed by atoms with Crippen molar-refractivity contribution in [2.75, 3.05) is 5.32 Å². The number of nitriles is 1. The van der Waals surface area contributed by atoms with Gasteiger partial charge in [0, 0.05) is 11.5 Å². The maximum atomic E-state index is 9.59. The third-order valence-corrected chi connectivity index (χ3v) is 3.30. The summed E-state index contributed by atoms with van der Waals surface area (Å²) in [7, 11) is 0. The number of hydrogen-bond acceptors (Lipinski definition) is 5. The minimum Gasteiger partial charge on any atom is -0.392 e. The molecule has 2 N–H and O–H groups in total. The molecule has 1 aromatic heterocycles. The molecule has 0 aromatic carbocycles. The standard InChI is InChI=1S/C11H14N4O/c1-11(2)8(3-9(11)16)15-10-6-13-7(4-12)5-14-10/h5-6,8-9,16H,3H2,1-2H3,(H,14,15). The summed E-state index contributed by atoms with van der Waals surface area (Å²) >= 11 is 0. The highest BCUT2D eigenvalue weighted by Crippen LogP contribution is 2.41. The number of aliphatic hydroxyl groups is 1. The van der Waals surface area contributed by atoms with Gasteiger partial charge in [-0.2, -0.15) is 5.26 Å². The summed E-state index contributed by atoms with van der Waals surface area (Å²) in [5, 5.41) is 21.4. The molecule has 2 rings (SSSR count). The van der Waals surface area contributed by atoms with Crippen LogP contribution >= 0.6 is 0 Å². The van der Waals surface area contributed by atoms with E-state index in [9.17, 15) is 5.11 Å². The van der Waals surface area contributed by atoms with Gasteiger partial charge in [0.2, 0.25) is 0 Å². The third kappa shape index (κ3) is 1.72. The van der Waals surface area contributed by atoms with E-state index in [1.54, 1.807) is 6.20 Å². The van der Waals surface area contributed by atoms with E-state index in [0.29, 0.717) is 17.9 Å². The molecule has 0 bridgehead atoms. The smallest absolute Gasteiger partial charge is 0.158 e. The number of aromatic nitrogens is 2. The molecule has 1 fully saturated rings. The second kappa shape index (κ2) is 3.72. The van der Waals surface area contributed by atoms with Crippen molar-refractivity contribution in [1.82, 2.24) is 9.97 Å². The normalized spacial score (nSPS) is 26.6. The average molecular weight is 218 g/mol. The quantitative estimate of drug-likeness (QED) is 0.771. The minimum absolute atomic E-state index is 0.143. The average Bonchev–Trinajstić information content (AvgIpc) is 2.29. The molecule has 16 heavy (non-hydrogen) atoms. The predicted octanol–water partition coefficient (Wildman–Crippen LogP) is 0.920. The van der Waals surface area contributed by atoms with Gasteiger partial charge in [0.05, 0.1) is 18.5 Å². The fourth-order valence-corrected chi connectivity index (χ4v) is 1.79. The Balaban J connectivity index is 2.03. The van der Waals surface area contributed by atoms with Crippen LogP contribution < -0.4 is 5.32 Å². The Bertz CT molecular complexity index is 421. The van der Waals surface area contributed by atoms with Gasteiger partial charge in [0.15, 0.2) is 5.69 Å². The summed E-state index contributed by atoms with van der Waals surface area (Å²) in [5.74, 6) is 0.643. The Morgan fingerprint density at radius 2 is 2.25 bits per heavy atom. The van der Waals surface area contributed by atoms with E-state index in [2.05, 4.69) is 15.3 Å². The van der Waals surface area contributed by atoms with Crippen LogP contribution in [-0.4, -0.2) is 27.2 Å². The van der Waals surface area contributed by atoms with Crippen molar-refractivity contribution in [3.05, 3.63) is 18.1 Å². The van der Waals surface area contributed by atoms with Gasteiger partial charge in [-0.25, -0.2) is 9.97 Å². The lowest BCUT2D eigenvalue weighted by Gasteiger charge is -2.49. The van der Waals surface area contributed by atoms with E-state index in [-0.39, 0.29) is 17.6 Å². The zero-order valence-corrected chi connectivity index (χ0v) is 9.31. The number of rotatable bonds is 2. The van der Waals surface area contributed by atoms with Gasteiger partial charge < -0.3 is 10.4 Å². The molecular weight excluding hydrogens is 204 g/mol. The van der Waals surface area contributed by atoms with Gasteiger partial charge in [-0.15, -0.1) is 0 Å². The van der Waals surface area contributed by atoms with Crippen LogP contribution in [0.1, 0.15) is 26.0 Å². The van der Waals surface area contributed by atoms with Crippen molar-refractivity contribution >= 4 is 5.82 Å². The molecule has 1 aliphatic carbocycles. The van der Waals surface area contributed by atoms with Crippen molar-refractivity contribution in [2.24, 2.45) is 5.41 Å². The fraction of sp³-hybridized carbons (Fsp3) is 0.545. The van der Waals surface area contributed by atoms with E-state index in [4.69, 9.17) is 5.26 Å². The van der Waals surface area contributed by atoms with E-state index < -0.39 is 0 Å². The summed E-state index contributed by atoms with van der Waals surface area (Å²) in [6, 6.07) is 2.12. The first-order valence-corrected chi connectivity index (χ1v) is 5.21. The Kier molecular flexibility index (Phi) is 2.52. The van der Waals surface area contributed by atoms with Crippen molar-refractivity contribution in [3.63, 3.8) is 0 Å². The third-order valence-electron chi connectivity index (χ3n) is 3.30. The Morgan fingerprint density at radius 1 is 1.50 bits per heavy atom. The van der Waals surface area contributed by atoms with E-state index >= 15 is 0 Å². The largest absolute Gasteiger partial charge is 0.392 e. The number of aliphatic hydroxyl groups excluding tert-OH is 1.